The Bertz CT molecular complexity index is 597. The second-order valence-corrected chi connectivity index (χ2v) is 5.57. The first kappa shape index (κ1) is 13.9. The minimum atomic E-state index is 0.453. The molecule has 4 heteroatoms. The molecular formula is C17H22N4. The molecule has 1 unspecified atom stereocenters. The van der Waals surface area contributed by atoms with E-state index in [9.17, 15) is 0 Å². The van der Waals surface area contributed by atoms with Gasteiger partial charge in [0.25, 0.3) is 0 Å². The maximum atomic E-state index is 4.34. The molecule has 3 rings (SSSR count). The summed E-state index contributed by atoms with van der Waals surface area (Å²) in [5.41, 5.74) is 2.95. The van der Waals surface area contributed by atoms with Crippen LogP contribution in [0.3, 0.4) is 0 Å². The molecule has 1 aliphatic rings. The number of benzene rings is 1. The van der Waals surface area contributed by atoms with Crippen LogP contribution in [0.4, 0.5) is 11.6 Å². The molecule has 4 nitrogen and oxygen atoms in total. The lowest BCUT2D eigenvalue weighted by molar-refractivity contribution is 0.608. The summed E-state index contributed by atoms with van der Waals surface area (Å²) in [7, 11) is 0. The normalized spacial score (nSPS) is 17.1. The zero-order chi connectivity index (χ0) is 14.5. The fourth-order valence-corrected chi connectivity index (χ4v) is 2.82. The molecule has 110 valence electrons. The van der Waals surface area contributed by atoms with Gasteiger partial charge < -0.3 is 10.6 Å². The van der Waals surface area contributed by atoms with Crippen LogP contribution in [0.15, 0.2) is 36.7 Å². The van der Waals surface area contributed by atoms with Crippen molar-refractivity contribution >= 4 is 11.6 Å². The van der Waals surface area contributed by atoms with Gasteiger partial charge in [0.2, 0.25) is 0 Å². The highest BCUT2D eigenvalue weighted by atomic mass is 15.1. The molecule has 0 radical (unpaired) electrons. The Labute approximate surface area is 126 Å². The van der Waals surface area contributed by atoms with Gasteiger partial charge in [-0.1, -0.05) is 31.2 Å². The fourth-order valence-electron chi connectivity index (χ4n) is 2.82. The Morgan fingerprint density at radius 2 is 1.95 bits per heavy atom. The van der Waals surface area contributed by atoms with Crippen LogP contribution in [0.25, 0.3) is 0 Å². The van der Waals surface area contributed by atoms with Crippen LogP contribution < -0.4 is 10.6 Å². The van der Waals surface area contributed by atoms with Crippen molar-refractivity contribution in [3.8, 4) is 0 Å². The minimum Gasteiger partial charge on any atom is -0.370 e. The summed E-state index contributed by atoms with van der Waals surface area (Å²) < 4.78 is 0. The lowest BCUT2D eigenvalue weighted by Gasteiger charge is -2.26. The van der Waals surface area contributed by atoms with E-state index in [1.165, 1.54) is 11.1 Å². The SMILES string of the molecule is CCCNc1cc(NC2CCc3ccccc3C2)ncn1. The molecule has 0 amide bonds. The molecular weight excluding hydrogens is 260 g/mol. The predicted octanol–water partition coefficient (Wildman–Crippen LogP) is 3.27. The van der Waals surface area contributed by atoms with Gasteiger partial charge >= 0.3 is 0 Å². The van der Waals surface area contributed by atoms with Gasteiger partial charge in [-0.05, 0) is 36.8 Å². The van der Waals surface area contributed by atoms with Gasteiger partial charge in [0, 0.05) is 18.7 Å². The second-order valence-electron chi connectivity index (χ2n) is 5.57. The first-order chi connectivity index (χ1) is 10.3. The Hall–Kier alpha value is -2.10. The monoisotopic (exact) mass is 282 g/mol. The Morgan fingerprint density at radius 3 is 2.81 bits per heavy atom. The quantitative estimate of drug-likeness (QED) is 0.883. The second kappa shape index (κ2) is 6.57. The van der Waals surface area contributed by atoms with Crippen LogP contribution >= 0.6 is 0 Å². The van der Waals surface area contributed by atoms with E-state index in [2.05, 4.69) is 51.8 Å². The van der Waals surface area contributed by atoms with Crippen molar-refractivity contribution in [3.63, 3.8) is 0 Å². The van der Waals surface area contributed by atoms with Crippen molar-refractivity contribution in [3.05, 3.63) is 47.8 Å². The third kappa shape index (κ3) is 3.51. The lowest BCUT2D eigenvalue weighted by Crippen LogP contribution is -2.27. The molecule has 1 atom stereocenters. The van der Waals surface area contributed by atoms with Crippen molar-refractivity contribution in [2.75, 3.05) is 17.2 Å². The van der Waals surface area contributed by atoms with E-state index in [4.69, 9.17) is 0 Å². The van der Waals surface area contributed by atoms with Crippen molar-refractivity contribution < 1.29 is 0 Å². The summed E-state index contributed by atoms with van der Waals surface area (Å²) in [4.78, 5) is 8.58. The molecule has 0 spiro atoms. The molecule has 1 heterocycles. The number of nitrogens with one attached hydrogen (secondary N) is 2. The molecule has 1 aromatic heterocycles. The van der Waals surface area contributed by atoms with Gasteiger partial charge in [-0.2, -0.15) is 0 Å². The Morgan fingerprint density at radius 1 is 1.14 bits per heavy atom. The van der Waals surface area contributed by atoms with Gasteiger partial charge in [-0.25, -0.2) is 9.97 Å². The maximum Gasteiger partial charge on any atom is 0.131 e. The first-order valence-electron chi connectivity index (χ1n) is 7.74. The molecule has 0 aliphatic heterocycles. The number of hydrogen-bond acceptors (Lipinski definition) is 4. The zero-order valence-corrected chi connectivity index (χ0v) is 12.5. The van der Waals surface area contributed by atoms with Crippen molar-refractivity contribution in [1.29, 1.82) is 0 Å². The number of anilines is 2. The van der Waals surface area contributed by atoms with Crippen LogP contribution in [0, 0.1) is 0 Å². The van der Waals surface area contributed by atoms with Gasteiger partial charge in [0.05, 0.1) is 0 Å². The third-order valence-corrected chi connectivity index (χ3v) is 3.92. The zero-order valence-electron chi connectivity index (χ0n) is 12.5. The average molecular weight is 282 g/mol. The Kier molecular flexibility index (Phi) is 4.34. The van der Waals surface area contributed by atoms with E-state index < -0.39 is 0 Å². The smallest absolute Gasteiger partial charge is 0.131 e. The number of rotatable bonds is 5. The number of fused-ring (bicyclic) bond motifs is 1. The van der Waals surface area contributed by atoms with Crippen LogP contribution in [0.2, 0.25) is 0 Å². The summed E-state index contributed by atoms with van der Waals surface area (Å²) in [6.07, 6.45) is 6.07. The summed E-state index contributed by atoms with van der Waals surface area (Å²) in [5.74, 6) is 1.80. The van der Waals surface area contributed by atoms with E-state index in [1.807, 2.05) is 6.07 Å². The van der Waals surface area contributed by atoms with Gasteiger partial charge in [0.1, 0.15) is 18.0 Å². The minimum absolute atomic E-state index is 0.453. The van der Waals surface area contributed by atoms with E-state index >= 15 is 0 Å². The van der Waals surface area contributed by atoms with Gasteiger partial charge in [0.15, 0.2) is 0 Å². The third-order valence-electron chi connectivity index (χ3n) is 3.92. The average Bonchev–Trinajstić information content (AvgIpc) is 2.53. The fraction of sp³-hybridized carbons (Fsp3) is 0.412. The summed E-state index contributed by atoms with van der Waals surface area (Å²) in [5, 5.41) is 6.84. The highest BCUT2D eigenvalue weighted by molar-refractivity contribution is 5.47. The summed E-state index contributed by atoms with van der Waals surface area (Å²) in [6.45, 7) is 3.08. The van der Waals surface area contributed by atoms with Crippen molar-refractivity contribution in [2.45, 2.75) is 38.6 Å². The highest BCUT2D eigenvalue weighted by Gasteiger charge is 2.18. The maximum absolute atomic E-state index is 4.34. The molecule has 2 N–H and O–H groups in total. The first-order valence-corrected chi connectivity index (χ1v) is 7.74. The topological polar surface area (TPSA) is 49.8 Å². The lowest BCUT2D eigenvalue weighted by atomic mass is 9.88. The Balaban J connectivity index is 1.65. The molecule has 1 aliphatic carbocycles. The predicted molar refractivity (Wildman–Crippen MR) is 86.7 cm³/mol. The number of nitrogens with zero attached hydrogens (tertiary/aromatic N) is 2. The molecule has 0 fully saturated rings. The van der Waals surface area contributed by atoms with E-state index in [1.54, 1.807) is 6.33 Å². The largest absolute Gasteiger partial charge is 0.370 e. The van der Waals surface area contributed by atoms with Crippen LogP contribution in [0.5, 0.6) is 0 Å². The van der Waals surface area contributed by atoms with Crippen molar-refractivity contribution in [2.24, 2.45) is 0 Å². The molecule has 1 aromatic carbocycles. The number of hydrogen-bond donors (Lipinski definition) is 2. The standard InChI is InChI=1S/C17H22N4/c1-2-9-18-16-11-17(20-12-19-16)21-15-8-7-13-5-3-4-6-14(13)10-15/h3-6,11-12,15H,2,7-10H2,1H3,(H2,18,19,20,21). The molecule has 0 saturated carbocycles. The number of aryl methyl sites for hydroxylation is 1. The van der Waals surface area contributed by atoms with E-state index in [0.717, 1.165) is 43.9 Å². The van der Waals surface area contributed by atoms with Crippen LogP contribution in [0.1, 0.15) is 30.9 Å². The van der Waals surface area contributed by atoms with E-state index in [-0.39, 0.29) is 0 Å². The van der Waals surface area contributed by atoms with Gasteiger partial charge in [-0.15, -0.1) is 0 Å². The number of aromatic nitrogens is 2. The van der Waals surface area contributed by atoms with Gasteiger partial charge in [-0.3, -0.25) is 0 Å². The van der Waals surface area contributed by atoms with Crippen molar-refractivity contribution in [1.82, 2.24) is 9.97 Å². The van der Waals surface area contributed by atoms with Crippen LogP contribution in [-0.4, -0.2) is 22.6 Å². The summed E-state index contributed by atoms with van der Waals surface area (Å²) >= 11 is 0. The molecule has 0 bridgehead atoms. The molecule has 0 saturated heterocycles. The highest BCUT2D eigenvalue weighted by Crippen LogP contribution is 2.23. The van der Waals surface area contributed by atoms with Crippen LogP contribution in [-0.2, 0) is 12.8 Å². The molecule has 21 heavy (non-hydrogen) atoms. The summed E-state index contributed by atoms with van der Waals surface area (Å²) in [6, 6.07) is 11.2. The van der Waals surface area contributed by atoms with E-state index in [0.29, 0.717) is 6.04 Å². The molecule has 2 aromatic rings.